The number of furan rings is 1. The molecule has 0 aliphatic heterocycles. The predicted molar refractivity (Wildman–Crippen MR) is 126 cm³/mol. The predicted octanol–water partition coefficient (Wildman–Crippen LogP) is 6.27. The molecule has 1 aliphatic rings. The number of carbonyl (C=O) groups excluding carboxylic acids is 2. The summed E-state index contributed by atoms with van der Waals surface area (Å²) in [6.07, 6.45) is 2.10. The number of amides is 2. The summed E-state index contributed by atoms with van der Waals surface area (Å²) >= 11 is 18.2. The molecule has 6 nitrogen and oxygen atoms in total. The van der Waals surface area contributed by atoms with Gasteiger partial charge in [-0.25, -0.2) is 5.43 Å². The van der Waals surface area contributed by atoms with Gasteiger partial charge in [0, 0.05) is 28.1 Å². The molecule has 9 heteroatoms. The van der Waals surface area contributed by atoms with E-state index in [1.807, 2.05) is 0 Å². The van der Waals surface area contributed by atoms with Gasteiger partial charge in [0.2, 0.25) is 0 Å². The number of hydrogen-bond donors (Lipinski definition) is 2. The number of hydrazone groups is 1. The Morgan fingerprint density at radius 3 is 2.59 bits per heavy atom. The number of hydrogen-bond acceptors (Lipinski definition) is 4. The van der Waals surface area contributed by atoms with Crippen LogP contribution in [0.15, 0.2) is 52.0 Å². The first-order valence-corrected chi connectivity index (χ1v) is 11.0. The van der Waals surface area contributed by atoms with Gasteiger partial charge in [-0.2, -0.15) is 5.10 Å². The van der Waals surface area contributed by atoms with Gasteiger partial charge in [-0.05, 0) is 50.1 Å². The standard InChI is InChI=1S/C23H18Cl3N3O3/c1-12-19-16(28-29-22(30)13-5-2-6-14(24)11-13)8-4-10-18(19)32-21(12)23(31)27-17-9-3-7-15(25)20(17)26/h2-3,5-7,9,11H,4,8,10H2,1H3,(H,27,31)(H,29,30)/b28-16+. The number of aryl methyl sites for hydroxylation is 1. The molecule has 0 saturated heterocycles. The second kappa shape index (κ2) is 9.36. The van der Waals surface area contributed by atoms with Crippen LogP contribution in [0.3, 0.4) is 0 Å². The smallest absolute Gasteiger partial charge is 0.291 e. The van der Waals surface area contributed by atoms with E-state index in [2.05, 4.69) is 15.8 Å². The lowest BCUT2D eigenvalue weighted by atomic mass is 9.93. The minimum atomic E-state index is -0.441. The molecule has 4 rings (SSSR count). The lowest BCUT2D eigenvalue weighted by Gasteiger charge is -2.13. The van der Waals surface area contributed by atoms with Crippen molar-refractivity contribution in [3.63, 3.8) is 0 Å². The van der Waals surface area contributed by atoms with E-state index >= 15 is 0 Å². The maximum Gasteiger partial charge on any atom is 0.291 e. The van der Waals surface area contributed by atoms with E-state index in [0.29, 0.717) is 51.2 Å². The molecule has 2 N–H and O–H groups in total. The molecular weight excluding hydrogens is 473 g/mol. The maximum absolute atomic E-state index is 12.9. The molecule has 0 bridgehead atoms. The van der Waals surface area contributed by atoms with Gasteiger partial charge in [0.25, 0.3) is 11.8 Å². The Balaban J connectivity index is 1.58. The van der Waals surface area contributed by atoms with Gasteiger partial charge in [0.1, 0.15) is 5.76 Å². The summed E-state index contributed by atoms with van der Waals surface area (Å²) in [7, 11) is 0. The fourth-order valence-corrected chi connectivity index (χ4v) is 4.13. The number of fused-ring (bicyclic) bond motifs is 1. The highest BCUT2D eigenvalue weighted by Crippen LogP contribution is 2.33. The van der Waals surface area contributed by atoms with Crippen LogP contribution in [0, 0.1) is 6.92 Å². The first-order chi connectivity index (χ1) is 15.3. The van der Waals surface area contributed by atoms with E-state index in [1.54, 1.807) is 49.4 Å². The van der Waals surface area contributed by atoms with Crippen molar-refractivity contribution in [1.29, 1.82) is 0 Å². The van der Waals surface area contributed by atoms with Crippen LogP contribution in [0.1, 0.15) is 50.6 Å². The highest BCUT2D eigenvalue weighted by molar-refractivity contribution is 6.44. The Kier molecular flexibility index (Phi) is 6.55. The van der Waals surface area contributed by atoms with Gasteiger partial charge in [-0.15, -0.1) is 0 Å². The average molecular weight is 491 g/mol. The SMILES string of the molecule is Cc1c(C(=O)Nc2cccc(Cl)c2Cl)oc2c1/C(=N/NC(=O)c1cccc(Cl)c1)CCC2. The zero-order valence-corrected chi connectivity index (χ0v) is 19.2. The lowest BCUT2D eigenvalue weighted by Crippen LogP contribution is -2.22. The molecule has 3 aromatic rings. The molecule has 2 aromatic carbocycles. The third-order valence-corrected chi connectivity index (χ3v) is 6.16. The number of rotatable bonds is 4. The van der Waals surface area contributed by atoms with E-state index in [9.17, 15) is 9.59 Å². The molecule has 1 aromatic heterocycles. The monoisotopic (exact) mass is 489 g/mol. The van der Waals surface area contributed by atoms with Crippen molar-refractivity contribution in [3.05, 3.63) is 85.7 Å². The molecule has 32 heavy (non-hydrogen) atoms. The molecule has 164 valence electrons. The van der Waals surface area contributed by atoms with E-state index in [1.165, 1.54) is 0 Å². The van der Waals surface area contributed by atoms with Crippen molar-refractivity contribution in [2.75, 3.05) is 5.32 Å². The number of carbonyl (C=O) groups is 2. The first-order valence-electron chi connectivity index (χ1n) is 9.85. The summed E-state index contributed by atoms with van der Waals surface area (Å²) in [5, 5.41) is 8.11. The lowest BCUT2D eigenvalue weighted by molar-refractivity contribution is 0.0953. The fraction of sp³-hybridized carbons (Fsp3) is 0.174. The van der Waals surface area contributed by atoms with E-state index < -0.39 is 5.91 Å². The van der Waals surface area contributed by atoms with Crippen molar-refractivity contribution in [2.45, 2.75) is 26.2 Å². The van der Waals surface area contributed by atoms with E-state index in [4.69, 9.17) is 39.2 Å². The topological polar surface area (TPSA) is 83.7 Å². The summed E-state index contributed by atoms with van der Waals surface area (Å²) < 4.78 is 5.88. The Bertz CT molecular complexity index is 1250. The minimum absolute atomic E-state index is 0.168. The highest BCUT2D eigenvalue weighted by Gasteiger charge is 2.28. The summed E-state index contributed by atoms with van der Waals surface area (Å²) in [5.74, 6) is 0.0128. The van der Waals surface area contributed by atoms with Crippen LogP contribution in [0.5, 0.6) is 0 Å². The normalized spacial score (nSPS) is 14.2. The zero-order valence-electron chi connectivity index (χ0n) is 17.0. The van der Waals surface area contributed by atoms with Crippen molar-refractivity contribution in [2.24, 2.45) is 5.10 Å². The zero-order chi connectivity index (χ0) is 22.8. The van der Waals surface area contributed by atoms with E-state index in [-0.39, 0.29) is 16.7 Å². The van der Waals surface area contributed by atoms with Crippen LogP contribution < -0.4 is 10.7 Å². The second-order valence-electron chi connectivity index (χ2n) is 7.27. The second-order valence-corrected chi connectivity index (χ2v) is 8.49. The van der Waals surface area contributed by atoms with Crippen LogP contribution in [0.2, 0.25) is 15.1 Å². The highest BCUT2D eigenvalue weighted by atomic mass is 35.5. The van der Waals surface area contributed by atoms with Crippen LogP contribution in [-0.2, 0) is 6.42 Å². The molecule has 2 amide bonds. The van der Waals surface area contributed by atoms with Gasteiger partial charge in [0.05, 0.1) is 21.4 Å². The summed E-state index contributed by atoms with van der Waals surface area (Å²) in [5.41, 5.74) is 5.41. The van der Waals surface area contributed by atoms with Gasteiger partial charge < -0.3 is 9.73 Å². The minimum Gasteiger partial charge on any atom is -0.455 e. The third-order valence-electron chi connectivity index (χ3n) is 5.11. The molecule has 0 spiro atoms. The number of halogens is 3. The number of nitrogens with one attached hydrogen (secondary N) is 2. The van der Waals surface area contributed by atoms with Gasteiger partial charge in [-0.3, -0.25) is 9.59 Å². The summed E-state index contributed by atoms with van der Waals surface area (Å²) in [6, 6.07) is 11.6. The number of nitrogens with zero attached hydrogens (tertiary/aromatic N) is 1. The summed E-state index contributed by atoms with van der Waals surface area (Å²) in [6.45, 7) is 1.79. The Morgan fingerprint density at radius 2 is 1.81 bits per heavy atom. The molecule has 1 heterocycles. The Hall–Kier alpha value is -2.80. The molecule has 0 saturated carbocycles. The van der Waals surface area contributed by atoms with Crippen molar-refractivity contribution in [1.82, 2.24) is 5.43 Å². The molecule has 0 atom stereocenters. The Labute approximate surface area is 199 Å². The van der Waals surface area contributed by atoms with Crippen LogP contribution in [-0.4, -0.2) is 17.5 Å². The number of benzene rings is 2. The van der Waals surface area contributed by atoms with E-state index in [0.717, 1.165) is 12.0 Å². The van der Waals surface area contributed by atoms with Gasteiger partial charge in [0.15, 0.2) is 5.76 Å². The van der Waals surface area contributed by atoms with Crippen LogP contribution >= 0.6 is 34.8 Å². The van der Waals surface area contributed by atoms with Gasteiger partial charge >= 0.3 is 0 Å². The summed E-state index contributed by atoms with van der Waals surface area (Å²) in [4.78, 5) is 25.3. The third kappa shape index (κ3) is 4.53. The van der Waals surface area contributed by atoms with Crippen molar-refractivity contribution < 1.29 is 14.0 Å². The van der Waals surface area contributed by atoms with Crippen LogP contribution in [0.25, 0.3) is 0 Å². The van der Waals surface area contributed by atoms with Crippen molar-refractivity contribution >= 4 is 58.0 Å². The van der Waals surface area contributed by atoms with Crippen molar-refractivity contribution in [3.8, 4) is 0 Å². The Morgan fingerprint density at radius 1 is 1.03 bits per heavy atom. The molecular formula is C23H18Cl3N3O3. The molecule has 0 unspecified atom stereocenters. The quantitative estimate of drug-likeness (QED) is 0.423. The molecule has 1 aliphatic carbocycles. The fourth-order valence-electron chi connectivity index (χ4n) is 3.59. The first kappa shape index (κ1) is 22.4. The largest absolute Gasteiger partial charge is 0.455 e. The van der Waals surface area contributed by atoms with Gasteiger partial charge in [-0.1, -0.05) is 46.9 Å². The maximum atomic E-state index is 12.9. The number of anilines is 1. The average Bonchev–Trinajstić information content (AvgIpc) is 3.12. The molecule has 0 fully saturated rings. The molecule has 0 radical (unpaired) electrons. The van der Waals surface area contributed by atoms with Crippen LogP contribution in [0.4, 0.5) is 5.69 Å².